The van der Waals surface area contributed by atoms with Crippen molar-refractivity contribution in [3.63, 3.8) is 0 Å². The van der Waals surface area contributed by atoms with Gasteiger partial charge in [0.05, 0.1) is 5.56 Å². The van der Waals surface area contributed by atoms with Crippen LogP contribution < -0.4 is 11.5 Å². The molecule has 0 aliphatic heterocycles. The van der Waals surface area contributed by atoms with Crippen LogP contribution >= 0.6 is 0 Å². The van der Waals surface area contributed by atoms with Crippen LogP contribution in [0.5, 0.6) is 0 Å². The predicted molar refractivity (Wildman–Crippen MR) is 69.6 cm³/mol. The lowest BCUT2D eigenvalue weighted by atomic mass is 9.48. The molecule has 4 heteroatoms. The number of nitrogens with zero attached hydrogens (tertiary/aromatic N) is 1. The highest BCUT2D eigenvalue weighted by molar-refractivity contribution is 5.51. The molecule has 4 N–H and O–H groups in total. The fraction of sp³-hybridized carbons (Fsp3) is 0.786. The van der Waals surface area contributed by atoms with Crippen LogP contribution in [0, 0.1) is 23.2 Å². The molecule has 1 aromatic heterocycles. The summed E-state index contributed by atoms with van der Waals surface area (Å²) in [5.74, 6) is 3.81. The molecule has 1 heterocycles. The summed E-state index contributed by atoms with van der Waals surface area (Å²) >= 11 is 0. The molecular weight excluding hydrogens is 226 g/mol. The van der Waals surface area contributed by atoms with Crippen LogP contribution in [-0.4, -0.2) is 5.16 Å². The Morgan fingerprint density at radius 3 is 2.06 bits per heavy atom. The topological polar surface area (TPSA) is 78.1 Å². The minimum atomic E-state index is 0.434. The third-order valence-corrected chi connectivity index (χ3v) is 5.57. The van der Waals surface area contributed by atoms with Crippen LogP contribution in [0.2, 0.25) is 0 Å². The monoisotopic (exact) mass is 247 g/mol. The lowest BCUT2D eigenvalue weighted by Crippen LogP contribution is -2.47. The van der Waals surface area contributed by atoms with Crippen molar-refractivity contribution in [2.75, 3.05) is 11.5 Å². The molecule has 0 atom stereocenters. The van der Waals surface area contributed by atoms with E-state index in [9.17, 15) is 0 Å². The van der Waals surface area contributed by atoms with Gasteiger partial charge < -0.3 is 16.0 Å². The van der Waals surface area contributed by atoms with E-state index in [1.54, 1.807) is 0 Å². The van der Waals surface area contributed by atoms with Crippen molar-refractivity contribution in [2.24, 2.45) is 23.2 Å². The average molecular weight is 247 g/mol. The van der Waals surface area contributed by atoms with Crippen molar-refractivity contribution in [3.8, 4) is 0 Å². The Balaban J connectivity index is 1.64. The van der Waals surface area contributed by atoms with E-state index in [1.807, 2.05) is 0 Å². The quantitative estimate of drug-likeness (QED) is 0.842. The van der Waals surface area contributed by atoms with E-state index in [-0.39, 0.29) is 0 Å². The summed E-state index contributed by atoms with van der Waals surface area (Å²) in [5, 5.41) is 3.79. The van der Waals surface area contributed by atoms with Gasteiger partial charge in [0.2, 0.25) is 5.88 Å². The molecule has 18 heavy (non-hydrogen) atoms. The lowest BCUT2D eigenvalue weighted by Gasteiger charge is -2.57. The zero-order chi connectivity index (χ0) is 12.3. The van der Waals surface area contributed by atoms with Gasteiger partial charge in [-0.3, -0.25) is 0 Å². The molecule has 0 aromatic carbocycles. The summed E-state index contributed by atoms with van der Waals surface area (Å²) in [4.78, 5) is 0. The molecule has 0 spiro atoms. The Bertz CT molecular complexity index is 425. The summed E-state index contributed by atoms with van der Waals surface area (Å²) in [7, 11) is 0. The van der Waals surface area contributed by atoms with E-state index in [2.05, 4.69) is 5.16 Å². The van der Waals surface area contributed by atoms with Gasteiger partial charge in [-0.2, -0.15) is 0 Å². The Labute approximate surface area is 107 Å². The van der Waals surface area contributed by atoms with E-state index in [0.717, 1.165) is 29.7 Å². The van der Waals surface area contributed by atoms with Crippen molar-refractivity contribution >= 4 is 11.7 Å². The summed E-state index contributed by atoms with van der Waals surface area (Å²) in [6.07, 6.45) is 9.47. The van der Waals surface area contributed by atoms with Crippen molar-refractivity contribution in [2.45, 2.75) is 44.9 Å². The van der Waals surface area contributed by atoms with Crippen LogP contribution in [-0.2, 0) is 6.42 Å². The largest absolute Gasteiger partial charge is 0.381 e. The molecule has 0 amide bonds. The standard InChI is InChI=1S/C14H21N3O/c15-12-11(13(16)18-17-12)7-14-4-8-1-9(5-14)3-10(2-8)6-14/h8-10H,1-7,16H2,(H2,15,17). The molecule has 98 valence electrons. The van der Waals surface area contributed by atoms with Gasteiger partial charge in [-0.15, -0.1) is 0 Å². The Morgan fingerprint density at radius 2 is 1.61 bits per heavy atom. The van der Waals surface area contributed by atoms with Crippen LogP contribution in [0.25, 0.3) is 0 Å². The SMILES string of the molecule is Nc1noc(N)c1CC12CC3CC(CC(C3)C1)C2. The van der Waals surface area contributed by atoms with Crippen LogP contribution in [0.3, 0.4) is 0 Å². The van der Waals surface area contributed by atoms with Crippen molar-refractivity contribution in [3.05, 3.63) is 5.56 Å². The first-order chi connectivity index (χ1) is 8.63. The number of nitrogen functional groups attached to an aromatic ring is 2. The van der Waals surface area contributed by atoms with Crippen LogP contribution in [0.15, 0.2) is 4.52 Å². The van der Waals surface area contributed by atoms with Gasteiger partial charge in [0, 0.05) is 0 Å². The molecule has 4 saturated carbocycles. The van der Waals surface area contributed by atoms with Gasteiger partial charge in [-0.1, -0.05) is 5.16 Å². The number of hydrogen-bond donors (Lipinski definition) is 2. The maximum absolute atomic E-state index is 5.89. The first kappa shape index (κ1) is 10.7. The van der Waals surface area contributed by atoms with Crippen molar-refractivity contribution < 1.29 is 4.52 Å². The van der Waals surface area contributed by atoms with Crippen molar-refractivity contribution in [1.82, 2.24) is 5.16 Å². The number of rotatable bonds is 2. The van der Waals surface area contributed by atoms with E-state index >= 15 is 0 Å². The Morgan fingerprint density at radius 1 is 1.06 bits per heavy atom. The minimum Gasteiger partial charge on any atom is -0.381 e. The first-order valence-electron chi connectivity index (χ1n) is 7.13. The van der Waals surface area contributed by atoms with E-state index < -0.39 is 0 Å². The number of hydrogen-bond acceptors (Lipinski definition) is 4. The van der Waals surface area contributed by atoms with E-state index in [4.69, 9.17) is 16.0 Å². The number of nitrogens with two attached hydrogens (primary N) is 2. The van der Waals surface area contributed by atoms with Crippen molar-refractivity contribution in [1.29, 1.82) is 0 Å². The Hall–Kier alpha value is -1.19. The van der Waals surface area contributed by atoms with E-state index in [0.29, 0.717) is 17.1 Å². The predicted octanol–water partition coefficient (Wildman–Crippen LogP) is 2.60. The highest BCUT2D eigenvalue weighted by Gasteiger charge is 2.51. The molecule has 0 saturated heterocycles. The fourth-order valence-electron chi connectivity index (χ4n) is 5.39. The maximum atomic E-state index is 5.89. The van der Waals surface area contributed by atoms with Gasteiger partial charge in [-0.05, 0) is 68.1 Å². The molecular formula is C14H21N3O. The molecule has 4 fully saturated rings. The minimum absolute atomic E-state index is 0.434. The highest BCUT2D eigenvalue weighted by Crippen LogP contribution is 2.61. The van der Waals surface area contributed by atoms with Gasteiger partial charge in [0.25, 0.3) is 0 Å². The number of anilines is 2. The lowest BCUT2D eigenvalue weighted by molar-refractivity contribution is -0.0520. The third kappa shape index (κ3) is 1.47. The normalized spacial score (nSPS) is 41.4. The fourth-order valence-corrected chi connectivity index (χ4v) is 5.39. The molecule has 0 unspecified atom stereocenters. The molecule has 4 aliphatic rings. The molecule has 5 rings (SSSR count). The number of aromatic nitrogens is 1. The Kier molecular flexibility index (Phi) is 2.04. The zero-order valence-electron chi connectivity index (χ0n) is 10.7. The van der Waals surface area contributed by atoms with Crippen LogP contribution in [0.1, 0.15) is 44.1 Å². The first-order valence-corrected chi connectivity index (χ1v) is 7.13. The van der Waals surface area contributed by atoms with Gasteiger partial charge >= 0.3 is 0 Å². The van der Waals surface area contributed by atoms with Gasteiger partial charge in [0.15, 0.2) is 5.82 Å². The molecule has 4 nitrogen and oxygen atoms in total. The summed E-state index contributed by atoms with van der Waals surface area (Å²) < 4.78 is 5.01. The van der Waals surface area contributed by atoms with Gasteiger partial charge in [0.1, 0.15) is 0 Å². The summed E-state index contributed by atoms with van der Waals surface area (Å²) in [6.45, 7) is 0. The summed E-state index contributed by atoms with van der Waals surface area (Å²) in [6, 6.07) is 0. The second kappa shape index (κ2) is 3.43. The second-order valence-electron chi connectivity index (χ2n) is 7.00. The molecule has 0 radical (unpaired) electrons. The summed E-state index contributed by atoms with van der Waals surface area (Å²) in [5.41, 5.74) is 13.2. The van der Waals surface area contributed by atoms with Crippen LogP contribution in [0.4, 0.5) is 11.7 Å². The molecule has 1 aromatic rings. The van der Waals surface area contributed by atoms with Gasteiger partial charge in [-0.25, -0.2) is 0 Å². The highest BCUT2D eigenvalue weighted by atomic mass is 16.5. The molecule has 4 bridgehead atoms. The average Bonchev–Trinajstić information content (AvgIpc) is 2.58. The maximum Gasteiger partial charge on any atom is 0.227 e. The second-order valence-corrected chi connectivity index (χ2v) is 7.00. The third-order valence-electron chi connectivity index (χ3n) is 5.57. The molecule has 4 aliphatic carbocycles. The van der Waals surface area contributed by atoms with E-state index in [1.165, 1.54) is 38.5 Å². The smallest absolute Gasteiger partial charge is 0.227 e. The zero-order valence-corrected chi connectivity index (χ0v) is 10.7.